The minimum Gasteiger partial charge on any atom is -0.405 e. The Morgan fingerprint density at radius 1 is 1.44 bits per heavy atom. The number of rotatable bonds is 3. The smallest absolute Gasteiger partial charge is 0.405 e. The van der Waals surface area contributed by atoms with E-state index in [4.69, 9.17) is 16.6 Å². The number of nitrogens with zero attached hydrogens (tertiary/aromatic N) is 1. The zero-order valence-corrected chi connectivity index (χ0v) is 8.08. The van der Waals surface area contributed by atoms with Gasteiger partial charge in [0.15, 0.2) is 0 Å². The van der Waals surface area contributed by atoms with Gasteiger partial charge in [0, 0.05) is 12.6 Å². The SMILES string of the molecule is NCc1cc(OC(F)(F)F)c(CO)c(N)n1. The van der Waals surface area contributed by atoms with Gasteiger partial charge in [0.25, 0.3) is 0 Å². The largest absolute Gasteiger partial charge is 0.573 e. The van der Waals surface area contributed by atoms with Crippen LogP contribution >= 0.6 is 0 Å². The maximum Gasteiger partial charge on any atom is 0.573 e. The first-order valence-electron chi connectivity index (χ1n) is 4.22. The molecule has 0 radical (unpaired) electrons. The van der Waals surface area contributed by atoms with Gasteiger partial charge < -0.3 is 21.3 Å². The summed E-state index contributed by atoms with van der Waals surface area (Å²) < 4.78 is 39.8. The molecule has 0 amide bonds. The molecule has 0 spiro atoms. The average Bonchev–Trinajstić information content (AvgIpc) is 2.14. The fraction of sp³-hybridized carbons (Fsp3) is 0.375. The highest BCUT2D eigenvalue weighted by atomic mass is 19.4. The predicted octanol–water partition coefficient (Wildman–Crippen LogP) is 0.513. The Labute approximate surface area is 88.8 Å². The third-order valence-corrected chi connectivity index (χ3v) is 1.76. The molecule has 8 heteroatoms. The monoisotopic (exact) mass is 237 g/mol. The summed E-state index contributed by atoms with van der Waals surface area (Å²) in [6, 6.07) is 0.995. The van der Waals surface area contributed by atoms with Crippen LogP contribution in [0.5, 0.6) is 5.75 Å². The van der Waals surface area contributed by atoms with Gasteiger partial charge in [0.1, 0.15) is 11.6 Å². The number of ether oxygens (including phenoxy) is 1. The molecule has 1 rings (SSSR count). The second kappa shape index (κ2) is 4.54. The third-order valence-electron chi connectivity index (χ3n) is 1.76. The summed E-state index contributed by atoms with van der Waals surface area (Å²) in [6.07, 6.45) is -4.86. The van der Waals surface area contributed by atoms with E-state index in [0.717, 1.165) is 6.07 Å². The molecule has 0 aliphatic carbocycles. The normalized spacial score (nSPS) is 11.6. The van der Waals surface area contributed by atoms with Gasteiger partial charge in [-0.15, -0.1) is 13.2 Å². The Bertz CT molecular complexity index is 382. The quantitative estimate of drug-likeness (QED) is 0.712. The first-order valence-corrected chi connectivity index (χ1v) is 4.22. The molecule has 1 aromatic rings. The molecule has 0 fully saturated rings. The fourth-order valence-electron chi connectivity index (χ4n) is 1.10. The van der Waals surface area contributed by atoms with Crippen molar-refractivity contribution in [2.75, 3.05) is 5.73 Å². The van der Waals surface area contributed by atoms with Crippen molar-refractivity contribution in [2.24, 2.45) is 5.73 Å². The van der Waals surface area contributed by atoms with Crippen molar-refractivity contribution in [2.45, 2.75) is 19.5 Å². The van der Waals surface area contributed by atoms with Crippen molar-refractivity contribution in [1.82, 2.24) is 4.98 Å². The molecule has 0 saturated carbocycles. The van der Waals surface area contributed by atoms with Crippen LogP contribution in [-0.2, 0) is 13.2 Å². The Hall–Kier alpha value is -1.54. The van der Waals surface area contributed by atoms with Crippen LogP contribution in [0.3, 0.4) is 0 Å². The first-order chi connectivity index (χ1) is 7.37. The standard InChI is InChI=1S/C8H10F3N3O2/c9-8(10,11)16-6-1-4(2-12)14-7(13)5(6)3-15/h1,15H,2-3,12H2,(H2,13,14). The van der Waals surface area contributed by atoms with Crippen molar-refractivity contribution in [3.8, 4) is 5.75 Å². The molecule has 5 N–H and O–H groups in total. The summed E-state index contributed by atoms with van der Waals surface area (Å²) in [6.45, 7) is -0.779. The second-order valence-electron chi connectivity index (χ2n) is 2.89. The van der Waals surface area contributed by atoms with Gasteiger partial charge in [0.05, 0.1) is 17.9 Å². The predicted molar refractivity (Wildman–Crippen MR) is 49.1 cm³/mol. The van der Waals surface area contributed by atoms with Crippen LogP contribution in [-0.4, -0.2) is 16.5 Å². The summed E-state index contributed by atoms with van der Waals surface area (Å²) >= 11 is 0. The minimum atomic E-state index is -4.86. The number of aromatic nitrogens is 1. The van der Waals surface area contributed by atoms with Crippen molar-refractivity contribution in [1.29, 1.82) is 0 Å². The number of nitrogen functional groups attached to an aromatic ring is 1. The fourth-order valence-corrected chi connectivity index (χ4v) is 1.10. The van der Waals surface area contributed by atoms with E-state index in [-0.39, 0.29) is 23.6 Å². The second-order valence-corrected chi connectivity index (χ2v) is 2.89. The lowest BCUT2D eigenvalue weighted by Crippen LogP contribution is -2.19. The van der Waals surface area contributed by atoms with E-state index < -0.39 is 18.7 Å². The van der Waals surface area contributed by atoms with E-state index in [9.17, 15) is 13.2 Å². The Morgan fingerprint density at radius 3 is 2.50 bits per heavy atom. The van der Waals surface area contributed by atoms with Gasteiger partial charge in [-0.1, -0.05) is 0 Å². The third kappa shape index (κ3) is 2.97. The van der Waals surface area contributed by atoms with E-state index in [1.54, 1.807) is 0 Å². The topological polar surface area (TPSA) is 94.4 Å². The van der Waals surface area contributed by atoms with E-state index in [2.05, 4.69) is 9.72 Å². The number of aliphatic hydroxyl groups excluding tert-OH is 1. The lowest BCUT2D eigenvalue weighted by Gasteiger charge is -2.14. The van der Waals surface area contributed by atoms with Gasteiger partial charge in [-0.05, 0) is 0 Å². The number of alkyl halides is 3. The number of aliphatic hydroxyl groups is 1. The van der Waals surface area contributed by atoms with Crippen LogP contribution in [0.15, 0.2) is 6.07 Å². The van der Waals surface area contributed by atoms with E-state index in [1.165, 1.54) is 0 Å². The highest BCUT2D eigenvalue weighted by Crippen LogP contribution is 2.29. The van der Waals surface area contributed by atoms with Crippen molar-refractivity contribution in [3.05, 3.63) is 17.3 Å². The zero-order chi connectivity index (χ0) is 12.3. The number of pyridine rings is 1. The van der Waals surface area contributed by atoms with Gasteiger partial charge in [0.2, 0.25) is 0 Å². The Kier molecular flexibility index (Phi) is 3.55. The number of anilines is 1. The molecular weight excluding hydrogens is 227 g/mol. The van der Waals surface area contributed by atoms with Gasteiger partial charge in [-0.3, -0.25) is 0 Å². The summed E-state index contributed by atoms with van der Waals surface area (Å²) in [5.74, 6) is -0.812. The molecule has 0 aromatic carbocycles. The molecule has 0 atom stereocenters. The highest BCUT2D eigenvalue weighted by molar-refractivity contribution is 5.49. The van der Waals surface area contributed by atoms with Gasteiger partial charge >= 0.3 is 6.36 Å². The van der Waals surface area contributed by atoms with Gasteiger partial charge in [-0.25, -0.2) is 4.98 Å². The molecular formula is C8H10F3N3O2. The van der Waals surface area contributed by atoms with Gasteiger partial charge in [-0.2, -0.15) is 0 Å². The number of hydrogen-bond acceptors (Lipinski definition) is 5. The average molecular weight is 237 g/mol. The molecule has 0 aliphatic rings. The number of hydrogen-bond donors (Lipinski definition) is 3. The summed E-state index contributed by atoms with van der Waals surface area (Å²) in [4.78, 5) is 3.70. The molecule has 5 nitrogen and oxygen atoms in total. The molecule has 16 heavy (non-hydrogen) atoms. The van der Waals surface area contributed by atoms with Crippen LogP contribution in [0.25, 0.3) is 0 Å². The summed E-state index contributed by atoms with van der Waals surface area (Å²) in [5.41, 5.74) is 10.5. The summed E-state index contributed by atoms with van der Waals surface area (Å²) in [7, 11) is 0. The van der Waals surface area contributed by atoms with E-state index >= 15 is 0 Å². The first kappa shape index (κ1) is 12.5. The van der Waals surface area contributed by atoms with Crippen molar-refractivity contribution in [3.63, 3.8) is 0 Å². The molecule has 0 unspecified atom stereocenters. The molecule has 0 bridgehead atoms. The van der Waals surface area contributed by atoms with Crippen molar-refractivity contribution < 1.29 is 23.0 Å². The maximum atomic E-state index is 12.0. The van der Waals surface area contributed by atoms with Crippen LogP contribution in [0.4, 0.5) is 19.0 Å². The van der Waals surface area contributed by atoms with Crippen molar-refractivity contribution >= 4 is 5.82 Å². The van der Waals surface area contributed by atoms with Crippen LogP contribution in [0.1, 0.15) is 11.3 Å². The Morgan fingerprint density at radius 2 is 2.06 bits per heavy atom. The zero-order valence-electron chi connectivity index (χ0n) is 8.08. The molecule has 90 valence electrons. The number of nitrogens with two attached hydrogens (primary N) is 2. The maximum absolute atomic E-state index is 12.0. The lowest BCUT2D eigenvalue weighted by atomic mass is 10.2. The van der Waals surface area contributed by atoms with Crippen LogP contribution in [0.2, 0.25) is 0 Å². The van der Waals surface area contributed by atoms with E-state index in [0.29, 0.717) is 0 Å². The molecule has 0 saturated heterocycles. The highest BCUT2D eigenvalue weighted by Gasteiger charge is 2.32. The summed E-state index contributed by atoms with van der Waals surface area (Å²) in [5, 5.41) is 8.86. The molecule has 1 heterocycles. The van der Waals surface area contributed by atoms with Crippen LogP contribution in [0, 0.1) is 0 Å². The number of halogens is 3. The van der Waals surface area contributed by atoms with E-state index in [1.807, 2.05) is 0 Å². The minimum absolute atomic E-state index is 0.0792. The molecule has 1 aromatic heterocycles. The lowest BCUT2D eigenvalue weighted by molar-refractivity contribution is -0.275. The van der Waals surface area contributed by atoms with Crippen LogP contribution < -0.4 is 16.2 Å². The molecule has 0 aliphatic heterocycles. The Balaban J connectivity index is 3.18.